The van der Waals surface area contributed by atoms with Crippen LogP contribution in [0.2, 0.25) is 0 Å². The van der Waals surface area contributed by atoms with Gasteiger partial charge in [0.2, 0.25) is 0 Å². The van der Waals surface area contributed by atoms with Crippen molar-refractivity contribution >= 4 is 16.9 Å². The fourth-order valence-electron chi connectivity index (χ4n) is 3.17. The summed E-state index contributed by atoms with van der Waals surface area (Å²) in [6, 6.07) is 4.55. The highest BCUT2D eigenvalue weighted by Gasteiger charge is 2.15. The Kier molecular flexibility index (Phi) is 3.05. The number of aryl methyl sites for hydroxylation is 4. The van der Waals surface area contributed by atoms with Crippen LogP contribution in [0.3, 0.4) is 0 Å². The number of nitrogens with one attached hydrogen (secondary N) is 1. The number of hydrogen-bond acceptors (Lipinski definition) is 1. The lowest BCUT2D eigenvalue weighted by atomic mass is 9.90. The number of carboxylic acids is 1. The number of aliphatic carboxylic acids is 1. The zero-order valence-corrected chi connectivity index (χ0v) is 11.3. The number of carbonyl (C=O) groups is 1. The van der Waals surface area contributed by atoms with Gasteiger partial charge in [-0.2, -0.15) is 0 Å². The molecular formula is C16H19NO2. The third-order valence-electron chi connectivity index (χ3n) is 4.17. The van der Waals surface area contributed by atoms with E-state index in [1.165, 1.54) is 46.9 Å². The molecule has 0 aliphatic heterocycles. The van der Waals surface area contributed by atoms with Gasteiger partial charge < -0.3 is 10.1 Å². The molecule has 0 fully saturated rings. The number of aromatic nitrogens is 1. The smallest absolute Gasteiger partial charge is 0.303 e. The zero-order valence-electron chi connectivity index (χ0n) is 11.3. The first kappa shape index (κ1) is 12.3. The molecule has 1 heterocycles. The summed E-state index contributed by atoms with van der Waals surface area (Å²) in [4.78, 5) is 14.2. The van der Waals surface area contributed by atoms with E-state index < -0.39 is 5.97 Å². The molecule has 0 saturated carbocycles. The van der Waals surface area contributed by atoms with Crippen LogP contribution >= 0.6 is 0 Å². The number of fused-ring (bicyclic) bond motifs is 2. The Labute approximate surface area is 112 Å². The quantitative estimate of drug-likeness (QED) is 0.885. The van der Waals surface area contributed by atoms with Crippen molar-refractivity contribution in [3.63, 3.8) is 0 Å². The van der Waals surface area contributed by atoms with Gasteiger partial charge in [-0.1, -0.05) is 0 Å². The first-order chi connectivity index (χ1) is 9.15. The van der Waals surface area contributed by atoms with Gasteiger partial charge >= 0.3 is 5.97 Å². The summed E-state index contributed by atoms with van der Waals surface area (Å²) >= 11 is 0. The Hall–Kier alpha value is -1.77. The van der Waals surface area contributed by atoms with Crippen molar-refractivity contribution in [2.45, 2.75) is 45.4 Å². The largest absolute Gasteiger partial charge is 0.481 e. The molecule has 2 aromatic rings. The molecule has 0 amide bonds. The molecule has 3 nitrogen and oxygen atoms in total. The summed E-state index contributed by atoms with van der Waals surface area (Å²) in [5.41, 5.74) is 6.36. The zero-order chi connectivity index (χ0) is 13.4. The van der Waals surface area contributed by atoms with Crippen LogP contribution in [0.15, 0.2) is 12.1 Å². The minimum absolute atomic E-state index is 0.199. The molecule has 1 aromatic carbocycles. The highest BCUT2D eigenvalue weighted by atomic mass is 16.4. The molecular weight excluding hydrogens is 238 g/mol. The molecule has 1 aliphatic carbocycles. The van der Waals surface area contributed by atoms with E-state index in [-0.39, 0.29) is 6.42 Å². The SMILES string of the molecule is Cc1[nH]c2cc3c(cc2c1CCC(=O)O)CCCC3. The maximum Gasteiger partial charge on any atom is 0.303 e. The van der Waals surface area contributed by atoms with Gasteiger partial charge in [-0.25, -0.2) is 0 Å². The molecule has 19 heavy (non-hydrogen) atoms. The van der Waals surface area contributed by atoms with Gasteiger partial charge in [-0.05, 0) is 67.9 Å². The van der Waals surface area contributed by atoms with E-state index in [9.17, 15) is 4.79 Å². The second kappa shape index (κ2) is 4.72. The summed E-state index contributed by atoms with van der Waals surface area (Å²) in [5, 5.41) is 10.1. The molecule has 0 atom stereocenters. The van der Waals surface area contributed by atoms with E-state index in [1.807, 2.05) is 6.92 Å². The number of H-pyrrole nitrogens is 1. The molecule has 3 rings (SSSR count). The molecule has 1 aliphatic rings. The molecule has 100 valence electrons. The van der Waals surface area contributed by atoms with Crippen LogP contribution in [0.4, 0.5) is 0 Å². The average Bonchev–Trinajstić information content (AvgIpc) is 2.68. The molecule has 3 heteroatoms. The van der Waals surface area contributed by atoms with E-state index in [2.05, 4.69) is 17.1 Å². The van der Waals surface area contributed by atoms with Gasteiger partial charge in [0.1, 0.15) is 0 Å². The van der Waals surface area contributed by atoms with Crippen molar-refractivity contribution in [2.75, 3.05) is 0 Å². The lowest BCUT2D eigenvalue weighted by Crippen LogP contribution is -2.02. The Morgan fingerprint density at radius 1 is 1.26 bits per heavy atom. The average molecular weight is 257 g/mol. The number of hydrogen-bond donors (Lipinski definition) is 2. The Bertz CT molecular complexity index is 640. The van der Waals surface area contributed by atoms with Gasteiger partial charge in [-0.3, -0.25) is 4.79 Å². The van der Waals surface area contributed by atoms with Crippen LogP contribution < -0.4 is 0 Å². The Morgan fingerprint density at radius 3 is 2.63 bits per heavy atom. The van der Waals surface area contributed by atoms with Crippen molar-refractivity contribution in [2.24, 2.45) is 0 Å². The molecule has 1 aromatic heterocycles. The van der Waals surface area contributed by atoms with E-state index in [0.717, 1.165) is 12.1 Å². The van der Waals surface area contributed by atoms with Gasteiger partial charge in [0.25, 0.3) is 0 Å². The van der Waals surface area contributed by atoms with Gasteiger partial charge in [0.05, 0.1) is 0 Å². The van der Waals surface area contributed by atoms with E-state index in [1.54, 1.807) is 0 Å². The second-order valence-electron chi connectivity index (χ2n) is 5.50. The van der Waals surface area contributed by atoms with Crippen LogP contribution in [-0.2, 0) is 24.1 Å². The van der Waals surface area contributed by atoms with Crippen LogP contribution in [0.1, 0.15) is 41.6 Å². The number of benzene rings is 1. The normalized spacial score (nSPS) is 14.6. The van der Waals surface area contributed by atoms with Crippen molar-refractivity contribution in [3.8, 4) is 0 Å². The van der Waals surface area contributed by atoms with Gasteiger partial charge in [0.15, 0.2) is 0 Å². The van der Waals surface area contributed by atoms with Crippen molar-refractivity contribution in [1.82, 2.24) is 4.98 Å². The Balaban J connectivity index is 2.06. The predicted molar refractivity (Wildman–Crippen MR) is 75.6 cm³/mol. The fraction of sp³-hybridized carbons (Fsp3) is 0.438. The van der Waals surface area contributed by atoms with Crippen LogP contribution in [-0.4, -0.2) is 16.1 Å². The summed E-state index contributed by atoms with van der Waals surface area (Å²) in [7, 11) is 0. The number of rotatable bonds is 3. The first-order valence-corrected chi connectivity index (χ1v) is 7.00. The maximum absolute atomic E-state index is 10.8. The summed E-state index contributed by atoms with van der Waals surface area (Å²) < 4.78 is 0. The third-order valence-corrected chi connectivity index (χ3v) is 4.17. The van der Waals surface area contributed by atoms with Crippen LogP contribution in [0.5, 0.6) is 0 Å². The van der Waals surface area contributed by atoms with E-state index in [4.69, 9.17) is 5.11 Å². The van der Waals surface area contributed by atoms with Crippen molar-refractivity contribution in [1.29, 1.82) is 0 Å². The number of carboxylic acid groups (broad SMARTS) is 1. The van der Waals surface area contributed by atoms with Crippen LogP contribution in [0.25, 0.3) is 10.9 Å². The third kappa shape index (κ3) is 2.25. The fourth-order valence-corrected chi connectivity index (χ4v) is 3.17. The summed E-state index contributed by atoms with van der Waals surface area (Å²) in [6.45, 7) is 2.04. The molecule has 0 spiro atoms. The molecule has 2 N–H and O–H groups in total. The van der Waals surface area contributed by atoms with Crippen LogP contribution in [0, 0.1) is 6.92 Å². The monoisotopic (exact) mass is 257 g/mol. The van der Waals surface area contributed by atoms with Crippen molar-refractivity contribution < 1.29 is 9.90 Å². The highest BCUT2D eigenvalue weighted by Crippen LogP contribution is 2.30. The van der Waals surface area contributed by atoms with Gasteiger partial charge in [-0.15, -0.1) is 0 Å². The van der Waals surface area contributed by atoms with Gasteiger partial charge in [0, 0.05) is 23.0 Å². The van der Waals surface area contributed by atoms with E-state index in [0.29, 0.717) is 6.42 Å². The number of aromatic amines is 1. The standard InChI is InChI=1S/C16H19NO2/c1-10-13(6-7-16(18)19)14-8-11-4-2-3-5-12(11)9-15(14)17-10/h8-9,17H,2-7H2,1H3,(H,18,19). The summed E-state index contributed by atoms with van der Waals surface area (Å²) in [6.07, 6.45) is 5.70. The molecule has 0 saturated heterocycles. The van der Waals surface area contributed by atoms with E-state index >= 15 is 0 Å². The Morgan fingerprint density at radius 2 is 1.95 bits per heavy atom. The first-order valence-electron chi connectivity index (χ1n) is 7.00. The molecule has 0 bridgehead atoms. The maximum atomic E-state index is 10.8. The minimum Gasteiger partial charge on any atom is -0.481 e. The lowest BCUT2D eigenvalue weighted by molar-refractivity contribution is -0.136. The minimum atomic E-state index is -0.730. The van der Waals surface area contributed by atoms with Crippen molar-refractivity contribution in [3.05, 3.63) is 34.5 Å². The highest BCUT2D eigenvalue weighted by molar-refractivity contribution is 5.86. The molecule has 0 unspecified atom stereocenters. The predicted octanol–water partition coefficient (Wildman–Crippen LogP) is 3.37. The topological polar surface area (TPSA) is 53.1 Å². The summed E-state index contributed by atoms with van der Waals surface area (Å²) in [5.74, 6) is -0.730. The molecule has 0 radical (unpaired) electrons. The lowest BCUT2D eigenvalue weighted by Gasteiger charge is -2.15. The second-order valence-corrected chi connectivity index (χ2v) is 5.50.